The van der Waals surface area contributed by atoms with Gasteiger partial charge in [0.25, 0.3) is 0 Å². The summed E-state index contributed by atoms with van der Waals surface area (Å²) in [5.74, 6) is 2.17. The number of nitrogens with one attached hydrogen (secondary N) is 1. The van der Waals surface area contributed by atoms with Gasteiger partial charge in [-0.15, -0.1) is 0 Å². The minimum atomic E-state index is -0.210. The van der Waals surface area contributed by atoms with Crippen molar-refractivity contribution in [2.24, 2.45) is 5.92 Å². The Morgan fingerprint density at radius 3 is 2.75 bits per heavy atom. The highest BCUT2D eigenvalue weighted by molar-refractivity contribution is 5.44. The van der Waals surface area contributed by atoms with Crippen molar-refractivity contribution >= 4 is 0 Å². The highest BCUT2D eigenvalue weighted by atomic mass is 16.5. The molecule has 4 heteroatoms. The monoisotopic (exact) mass is 277 g/mol. The molecule has 0 saturated heterocycles. The van der Waals surface area contributed by atoms with Crippen molar-refractivity contribution in [3.05, 3.63) is 23.8 Å². The Balaban J connectivity index is 1.62. The van der Waals surface area contributed by atoms with E-state index in [-0.39, 0.29) is 12.1 Å². The van der Waals surface area contributed by atoms with Crippen LogP contribution in [0.1, 0.15) is 37.8 Å². The normalized spacial score (nSPS) is 21.1. The van der Waals surface area contributed by atoms with E-state index in [0.29, 0.717) is 25.7 Å². The molecule has 1 heterocycles. The van der Waals surface area contributed by atoms with Gasteiger partial charge in [-0.25, -0.2) is 0 Å². The molecule has 1 aliphatic heterocycles. The molecule has 1 aromatic carbocycles. The van der Waals surface area contributed by atoms with Crippen molar-refractivity contribution in [2.45, 2.75) is 38.3 Å². The third-order valence-electron chi connectivity index (χ3n) is 4.07. The molecule has 4 nitrogen and oxygen atoms in total. The van der Waals surface area contributed by atoms with E-state index in [9.17, 15) is 5.11 Å². The maximum Gasteiger partial charge on any atom is 0.161 e. The molecule has 2 atom stereocenters. The molecule has 3 rings (SSSR count). The molecule has 2 N–H and O–H groups in total. The number of ether oxygens (including phenoxy) is 2. The number of rotatable bonds is 5. The quantitative estimate of drug-likeness (QED) is 0.867. The second-order valence-corrected chi connectivity index (χ2v) is 5.79. The van der Waals surface area contributed by atoms with Gasteiger partial charge in [0.1, 0.15) is 0 Å². The van der Waals surface area contributed by atoms with E-state index >= 15 is 0 Å². The van der Waals surface area contributed by atoms with Gasteiger partial charge >= 0.3 is 0 Å². The van der Waals surface area contributed by atoms with E-state index in [1.807, 2.05) is 12.1 Å². The number of aliphatic hydroxyl groups is 1. The van der Waals surface area contributed by atoms with E-state index in [1.165, 1.54) is 12.8 Å². The van der Waals surface area contributed by atoms with Gasteiger partial charge in [-0.2, -0.15) is 0 Å². The van der Waals surface area contributed by atoms with Crippen LogP contribution in [-0.2, 0) is 0 Å². The standard InChI is InChI=1S/C16H23NO3/c1-11(17-10-14(18)12-3-4-12)13-5-6-15-16(9-13)20-8-2-7-19-15/h5-6,9,11-12,14,17-18H,2-4,7-8,10H2,1H3. The van der Waals surface area contributed by atoms with Crippen LogP contribution in [0.5, 0.6) is 11.5 Å². The molecular weight excluding hydrogens is 254 g/mol. The molecule has 2 unspecified atom stereocenters. The maximum atomic E-state index is 9.91. The summed E-state index contributed by atoms with van der Waals surface area (Å²) >= 11 is 0. The van der Waals surface area contributed by atoms with Gasteiger partial charge in [0.15, 0.2) is 11.5 Å². The lowest BCUT2D eigenvalue weighted by Crippen LogP contribution is -2.30. The Hall–Kier alpha value is -1.26. The lowest BCUT2D eigenvalue weighted by molar-refractivity contribution is 0.145. The van der Waals surface area contributed by atoms with Gasteiger partial charge in [0.05, 0.1) is 19.3 Å². The number of benzene rings is 1. The molecular formula is C16H23NO3. The largest absolute Gasteiger partial charge is 0.490 e. The molecule has 0 spiro atoms. The second-order valence-electron chi connectivity index (χ2n) is 5.79. The second kappa shape index (κ2) is 6.02. The minimum Gasteiger partial charge on any atom is -0.490 e. The zero-order valence-electron chi connectivity index (χ0n) is 12.0. The van der Waals surface area contributed by atoms with E-state index in [4.69, 9.17) is 9.47 Å². The Labute approximate surface area is 120 Å². The Morgan fingerprint density at radius 2 is 2.00 bits per heavy atom. The van der Waals surface area contributed by atoms with E-state index in [2.05, 4.69) is 18.3 Å². The van der Waals surface area contributed by atoms with Gasteiger partial charge in [0.2, 0.25) is 0 Å². The van der Waals surface area contributed by atoms with Crippen molar-refractivity contribution in [3.8, 4) is 11.5 Å². The van der Waals surface area contributed by atoms with Crippen molar-refractivity contribution in [3.63, 3.8) is 0 Å². The first-order valence-electron chi connectivity index (χ1n) is 7.55. The third-order valence-corrected chi connectivity index (χ3v) is 4.07. The molecule has 0 bridgehead atoms. The number of hydrogen-bond acceptors (Lipinski definition) is 4. The summed E-state index contributed by atoms with van der Waals surface area (Å²) in [4.78, 5) is 0. The first-order valence-corrected chi connectivity index (χ1v) is 7.55. The van der Waals surface area contributed by atoms with Crippen LogP contribution in [-0.4, -0.2) is 31.0 Å². The zero-order valence-corrected chi connectivity index (χ0v) is 12.0. The summed E-state index contributed by atoms with van der Waals surface area (Å²) in [6, 6.07) is 6.28. The van der Waals surface area contributed by atoms with Crippen LogP contribution in [0.15, 0.2) is 18.2 Å². The molecule has 1 aromatic rings. The predicted molar refractivity (Wildman–Crippen MR) is 77.2 cm³/mol. The van der Waals surface area contributed by atoms with Crippen molar-refractivity contribution in [1.29, 1.82) is 0 Å². The fraction of sp³-hybridized carbons (Fsp3) is 0.625. The molecule has 1 fully saturated rings. The van der Waals surface area contributed by atoms with E-state index in [1.54, 1.807) is 0 Å². The summed E-state index contributed by atoms with van der Waals surface area (Å²) in [5, 5.41) is 13.3. The SMILES string of the molecule is CC(NCC(O)C1CC1)c1ccc2c(c1)OCCCO2. The number of aliphatic hydroxyl groups excluding tert-OH is 1. The topological polar surface area (TPSA) is 50.7 Å². The van der Waals surface area contributed by atoms with Crippen LogP contribution < -0.4 is 14.8 Å². The Bertz CT molecular complexity index is 459. The number of fused-ring (bicyclic) bond motifs is 1. The summed E-state index contributed by atoms with van der Waals surface area (Å²) in [6.45, 7) is 4.19. The summed E-state index contributed by atoms with van der Waals surface area (Å²) in [7, 11) is 0. The van der Waals surface area contributed by atoms with Gasteiger partial charge < -0.3 is 19.9 Å². The van der Waals surface area contributed by atoms with Gasteiger partial charge in [-0.3, -0.25) is 0 Å². The summed E-state index contributed by atoms with van der Waals surface area (Å²) < 4.78 is 11.3. The van der Waals surface area contributed by atoms with Crippen LogP contribution in [0.2, 0.25) is 0 Å². The molecule has 2 aliphatic rings. The van der Waals surface area contributed by atoms with Crippen LogP contribution >= 0.6 is 0 Å². The highest BCUT2D eigenvalue weighted by Crippen LogP contribution is 2.34. The van der Waals surface area contributed by atoms with Gasteiger partial charge in [0, 0.05) is 19.0 Å². The van der Waals surface area contributed by atoms with Crippen molar-refractivity contribution in [2.75, 3.05) is 19.8 Å². The Morgan fingerprint density at radius 1 is 1.25 bits per heavy atom. The molecule has 0 amide bonds. The highest BCUT2D eigenvalue weighted by Gasteiger charge is 2.29. The molecule has 110 valence electrons. The first kappa shape index (κ1) is 13.7. The van der Waals surface area contributed by atoms with Crippen LogP contribution in [0.4, 0.5) is 0 Å². The van der Waals surface area contributed by atoms with Crippen LogP contribution in [0.25, 0.3) is 0 Å². The Kier molecular flexibility index (Phi) is 4.13. The lowest BCUT2D eigenvalue weighted by atomic mass is 10.1. The first-order chi connectivity index (χ1) is 9.74. The van der Waals surface area contributed by atoms with Gasteiger partial charge in [-0.1, -0.05) is 6.07 Å². The van der Waals surface area contributed by atoms with Gasteiger partial charge in [-0.05, 0) is 43.4 Å². The van der Waals surface area contributed by atoms with Crippen molar-refractivity contribution < 1.29 is 14.6 Å². The minimum absolute atomic E-state index is 0.195. The van der Waals surface area contributed by atoms with Crippen LogP contribution in [0.3, 0.4) is 0 Å². The lowest BCUT2D eigenvalue weighted by Gasteiger charge is -2.18. The van der Waals surface area contributed by atoms with E-state index in [0.717, 1.165) is 23.5 Å². The molecule has 1 saturated carbocycles. The summed E-state index contributed by atoms with van der Waals surface area (Å²) in [5.41, 5.74) is 1.16. The predicted octanol–water partition coefficient (Wildman–Crippen LogP) is 2.27. The zero-order chi connectivity index (χ0) is 13.9. The molecule has 1 aliphatic carbocycles. The maximum absolute atomic E-state index is 9.91. The smallest absolute Gasteiger partial charge is 0.161 e. The average Bonchev–Trinajstić information content (AvgIpc) is 3.29. The van der Waals surface area contributed by atoms with Crippen LogP contribution in [0, 0.1) is 5.92 Å². The molecule has 0 aromatic heterocycles. The third kappa shape index (κ3) is 3.25. The molecule has 20 heavy (non-hydrogen) atoms. The van der Waals surface area contributed by atoms with Crippen molar-refractivity contribution in [1.82, 2.24) is 5.32 Å². The fourth-order valence-corrected chi connectivity index (χ4v) is 2.51. The summed E-state index contributed by atoms with van der Waals surface area (Å²) in [6.07, 6.45) is 3.05. The number of hydrogen-bond donors (Lipinski definition) is 2. The average molecular weight is 277 g/mol. The van der Waals surface area contributed by atoms with E-state index < -0.39 is 0 Å². The molecule has 0 radical (unpaired) electrons. The fourth-order valence-electron chi connectivity index (χ4n) is 2.51.